The van der Waals surface area contributed by atoms with Gasteiger partial charge in [0.25, 0.3) is 0 Å². The molecule has 28 heavy (non-hydrogen) atoms. The van der Waals surface area contributed by atoms with E-state index >= 15 is 0 Å². The van der Waals surface area contributed by atoms with E-state index in [1.807, 2.05) is 18.7 Å². The molecule has 1 N–H and O–H groups in total. The summed E-state index contributed by atoms with van der Waals surface area (Å²) in [7, 11) is 0. The van der Waals surface area contributed by atoms with Crippen molar-refractivity contribution in [3.05, 3.63) is 11.2 Å². The van der Waals surface area contributed by atoms with Crippen molar-refractivity contribution in [1.29, 1.82) is 0 Å². The van der Waals surface area contributed by atoms with Gasteiger partial charge in [-0.25, -0.2) is 9.97 Å². The van der Waals surface area contributed by atoms with Gasteiger partial charge in [-0.05, 0) is 19.3 Å². The quantitative estimate of drug-likeness (QED) is 0.390. The Balaban J connectivity index is 1.94. The lowest BCUT2D eigenvalue weighted by Crippen LogP contribution is -2.54. The molecule has 1 fully saturated rings. The van der Waals surface area contributed by atoms with Gasteiger partial charge in [-0.2, -0.15) is 0 Å². The summed E-state index contributed by atoms with van der Waals surface area (Å²) in [6.07, 6.45) is 1.47. The number of hydrogen-bond donors (Lipinski definition) is 1. The second kappa shape index (κ2) is 10.9. The summed E-state index contributed by atoms with van der Waals surface area (Å²) in [5, 5.41) is 3.75. The molecule has 1 atom stereocenters. The highest BCUT2D eigenvalue weighted by Crippen LogP contribution is 2.24. The molecule has 0 saturated carbocycles. The largest absolute Gasteiger partial charge is 0.355 e. The third-order valence-corrected chi connectivity index (χ3v) is 5.65. The molecular weight excluding hydrogens is 398 g/mol. The van der Waals surface area contributed by atoms with Gasteiger partial charge in [-0.15, -0.1) is 0 Å². The maximum absolute atomic E-state index is 12.0. The zero-order valence-corrected chi connectivity index (χ0v) is 18.6. The Labute approximate surface area is 176 Å². The lowest BCUT2D eigenvalue weighted by atomic mass is 10.1. The lowest BCUT2D eigenvalue weighted by Gasteiger charge is -2.40. The number of nitrogens with one attached hydrogen (secondary N) is 1. The number of rotatable bonds is 8. The van der Waals surface area contributed by atoms with Gasteiger partial charge in [-0.1, -0.05) is 44.1 Å². The average Bonchev–Trinajstić information content (AvgIpc) is 2.65. The van der Waals surface area contributed by atoms with Crippen molar-refractivity contribution in [3.63, 3.8) is 0 Å². The number of nitrogens with zero attached hydrogens (tertiary/aromatic N) is 4. The molecule has 9 heteroatoms. The Hall–Kier alpha value is -1.54. The van der Waals surface area contributed by atoms with Crippen LogP contribution in [0.3, 0.4) is 0 Å². The molecule has 0 radical (unpaired) electrons. The highest BCUT2D eigenvalue weighted by atomic mass is 35.5. The van der Waals surface area contributed by atoms with Crippen LogP contribution in [0.2, 0.25) is 5.15 Å². The van der Waals surface area contributed by atoms with Crippen LogP contribution in [0.4, 0.5) is 5.82 Å². The summed E-state index contributed by atoms with van der Waals surface area (Å²) < 4.78 is 0. The minimum absolute atomic E-state index is 0.0314. The van der Waals surface area contributed by atoms with Crippen molar-refractivity contribution in [2.75, 3.05) is 36.8 Å². The van der Waals surface area contributed by atoms with Gasteiger partial charge in [0.05, 0.1) is 5.75 Å². The van der Waals surface area contributed by atoms with Gasteiger partial charge in [0.15, 0.2) is 5.16 Å². The lowest BCUT2D eigenvalue weighted by molar-refractivity contribution is -0.133. The molecule has 1 aromatic rings. The second-order valence-electron chi connectivity index (χ2n) is 7.39. The molecule has 2 amide bonds. The van der Waals surface area contributed by atoms with Crippen LogP contribution < -0.4 is 10.2 Å². The number of amides is 2. The molecule has 0 bridgehead atoms. The number of halogens is 1. The Morgan fingerprint density at radius 1 is 1.36 bits per heavy atom. The van der Waals surface area contributed by atoms with E-state index < -0.39 is 0 Å². The van der Waals surface area contributed by atoms with E-state index in [4.69, 9.17) is 11.6 Å². The first-order valence-electron chi connectivity index (χ1n) is 9.78. The molecule has 0 aromatic carbocycles. The fourth-order valence-corrected chi connectivity index (χ4v) is 3.94. The van der Waals surface area contributed by atoms with Gasteiger partial charge in [0.1, 0.15) is 11.0 Å². The Bertz CT molecular complexity index is 688. The fraction of sp³-hybridized carbons (Fsp3) is 0.684. The number of thioether (sulfide) groups is 1. The van der Waals surface area contributed by atoms with Crippen LogP contribution in [-0.4, -0.2) is 64.7 Å². The van der Waals surface area contributed by atoms with Crippen LogP contribution in [0, 0.1) is 5.92 Å². The maximum atomic E-state index is 12.0. The van der Waals surface area contributed by atoms with E-state index in [1.54, 1.807) is 6.07 Å². The van der Waals surface area contributed by atoms with Gasteiger partial charge >= 0.3 is 0 Å². The monoisotopic (exact) mass is 427 g/mol. The smallest absolute Gasteiger partial charge is 0.230 e. The van der Waals surface area contributed by atoms with Crippen LogP contribution in [0.1, 0.15) is 40.5 Å². The molecule has 1 saturated heterocycles. The van der Waals surface area contributed by atoms with Crippen molar-refractivity contribution < 1.29 is 9.59 Å². The molecule has 1 aromatic heterocycles. The first-order chi connectivity index (χ1) is 13.3. The molecule has 0 spiro atoms. The molecule has 156 valence electrons. The second-order valence-corrected chi connectivity index (χ2v) is 8.72. The number of anilines is 1. The number of carbonyl (C=O) groups is 2. The van der Waals surface area contributed by atoms with Crippen molar-refractivity contribution >= 4 is 41.0 Å². The first kappa shape index (κ1) is 22.7. The normalized spacial score (nSPS) is 17.1. The average molecular weight is 428 g/mol. The van der Waals surface area contributed by atoms with E-state index in [0.717, 1.165) is 12.2 Å². The van der Waals surface area contributed by atoms with E-state index in [2.05, 4.69) is 34.0 Å². The van der Waals surface area contributed by atoms with Crippen molar-refractivity contribution in [3.8, 4) is 0 Å². The van der Waals surface area contributed by atoms with Crippen LogP contribution in [0.5, 0.6) is 0 Å². The third kappa shape index (κ3) is 6.81. The van der Waals surface area contributed by atoms with Gasteiger partial charge in [0.2, 0.25) is 11.8 Å². The number of hydrogen-bond acceptors (Lipinski definition) is 6. The van der Waals surface area contributed by atoms with Crippen molar-refractivity contribution in [2.45, 2.75) is 51.7 Å². The minimum atomic E-state index is -0.0314. The Kier molecular flexibility index (Phi) is 8.82. The van der Waals surface area contributed by atoms with Crippen LogP contribution in [0.15, 0.2) is 11.2 Å². The molecule has 7 nitrogen and oxygen atoms in total. The van der Waals surface area contributed by atoms with Crippen LogP contribution >= 0.6 is 23.4 Å². The summed E-state index contributed by atoms with van der Waals surface area (Å²) in [6.45, 7) is 10.9. The molecule has 2 heterocycles. The van der Waals surface area contributed by atoms with Gasteiger partial charge < -0.3 is 15.1 Å². The molecule has 1 aliphatic rings. The highest BCUT2D eigenvalue weighted by Gasteiger charge is 2.27. The molecule has 0 unspecified atom stereocenters. The van der Waals surface area contributed by atoms with Crippen LogP contribution in [0.25, 0.3) is 0 Å². The topological polar surface area (TPSA) is 78.4 Å². The van der Waals surface area contributed by atoms with E-state index in [-0.39, 0.29) is 23.6 Å². The summed E-state index contributed by atoms with van der Waals surface area (Å²) in [4.78, 5) is 36.8. The van der Waals surface area contributed by atoms with E-state index in [0.29, 0.717) is 48.8 Å². The summed E-state index contributed by atoms with van der Waals surface area (Å²) >= 11 is 7.46. The highest BCUT2D eigenvalue weighted by molar-refractivity contribution is 7.99. The summed E-state index contributed by atoms with van der Waals surface area (Å²) in [6, 6.07) is 1.84. The SMILES string of the molecule is CCC(=O)N1CCN(c2cc(Cl)nc(SCC(=O)NCCC(C)C)n2)C[C@@H]1C. The molecule has 0 aliphatic carbocycles. The standard InChI is InChI=1S/C19H30ClN5O2S/c1-5-18(27)25-9-8-24(11-14(25)4)16-10-15(20)22-19(23-16)28-12-17(26)21-7-6-13(2)3/h10,13-14H,5-9,11-12H2,1-4H3,(H,21,26)/t14-/m0/s1. The molecule has 1 aliphatic heterocycles. The zero-order chi connectivity index (χ0) is 20.7. The predicted octanol–water partition coefficient (Wildman–Crippen LogP) is 2.83. The molecular formula is C19H30ClN5O2S. The minimum Gasteiger partial charge on any atom is -0.355 e. The fourth-order valence-electron chi connectivity index (χ4n) is 3.03. The Morgan fingerprint density at radius 3 is 2.75 bits per heavy atom. The maximum Gasteiger partial charge on any atom is 0.230 e. The van der Waals surface area contributed by atoms with Gasteiger partial charge in [0, 0.05) is 44.7 Å². The first-order valence-corrected chi connectivity index (χ1v) is 11.1. The van der Waals surface area contributed by atoms with E-state index in [1.165, 1.54) is 11.8 Å². The van der Waals surface area contributed by atoms with Crippen molar-refractivity contribution in [2.24, 2.45) is 5.92 Å². The molecule has 2 rings (SSSR count). The third-order valence-electron chi connectivity index (χ3n) is 4.61. The van der Waals surface area contributed by atoms with Crippen molar-refractivity contribution in [1.82, 2.24) is 20.2 Å². The van der Waals surface area contributed by atoms with E-state index in [9.17, 15) is 9.59 Å². The summed E-state index contributed by atoms with van der Waals surface area (Å²) in [5.41, 5.74) is 0. The summed E-state index contributed by atoms with van der Waals surface area (Å²) in [5.74, 6) is 1.69. The number of carbonyl (C=O) groups excluding carboxylic acids is 2. The number of piperazine rings is 1. The van der Waals surface area contributed by atoms with Gasteiger partial charge in [-0.3, -0.25) is 9.59 Å². The zero-order valence-electron chi connectivity index (χ0n) is 17.1. The predicted molar refractivity (Wildman–Crippen MR) is 114 cm³/mol. The van der Waals surface area contributed by atoms with Crippen LogP contribution in [-0.2, 0) is 9.59 Å². The number of aromatic nitrogens is 2. The Morgan fingerprint density at radius 2 is 2.11 bits per heavy atom.